The van der Waals surface area contributed by atoms with E-state index in [9.17, 15) is 24.3 Å². The van der Waals surface area contributed by atoms with Crippen molar-refractivity contribution in [3.63, 3.8) is 0 Å². The molecule has 0 aliphatic carbocycles. The standard InChI is InChI=1S/C12H12N2O7/c15-7-3-14(5-10(19)20)12(21)11(7)6-1-8(16)13(2-6)4-9(17)18/h1,15H,2-5H2,(H,17,18)(H,19,20). The molecule has 0 unspecified atom stereocenters. The summed E-state index contributed by atoms with van der Waals surface area (Å²) in [5, 5.41) is 27.1. The van der Waals surface area contributed by atoms with Crippen LogP contribution in [-0.2, 0) is 19.2 Å². The number of amides is 2. The van der Waals surface area contributed by atoms with Crippen molar-refractivity contribution in [1.29, 1.82) is 0 Å². The monoisotopic (exact) mass is 296 g/mol. The van der Waals surface area contributed by atoms with E-state index < -0.39 is 36.8 Å². The summed E-state index contributed by atoms with van der Waals surface area (Å²) in [6, 6.07) is 0. The highest BCUT2D eigenvalue weighted by molar-refractivity contribution is 6.05. The lowest BCUT2D eigenvalue weighted by atomic mass is 10.1. The molecule has 2 heterocycles. The second-order valence-electron chi connectivity index (χ2n) is 4.63. The molecule has 0 bridgehead atoms. The van der Waals surface area contributed by atoms with Crippen molar-refractivity contribution in [2.75, 3.05) is 26.2 Å². The maximum Gasteiger partial charge on any atom is 0.323 e. The number of aliphatic hydroxyl groups excluding tert-OH is 1. The lowest BCUT2D eigenvalue weighted by molar-refractivity contribution is -0.142. The third-order valence-corrected chi connectivity index (χ3v) is 3.07. The Labute approximate surface area is 118 Å². The molecule has 9 heteroatoms. The summed E-state index contributed by atoms with van der Waals surface area (Å²) in [4.78, 5) is 46.8. The Morgan fingerprint density at radius 2 is 1.62 bits per heavy atom. The number of hydrogen-bond donors (Lipinski definition) is 3. The van der Waals surface area contributed by atoms with Gasteiger partial charge in [0.25, 0.3) is 5.91 Å². The van der Waals surface area contributed by atoms with Crippen molar-refractivity contribution in [3.8, 4) is 0 Å². The number of hydrogen-bond acceptors (Lipinski definition) is 5. The van der Waals surface area contributed by atoms with Crippen LogP contribution < -0.4 is 0 Å². The van der Waals surface area contributed by atoms with E-state index in [4.69, 9.17) is 10.2 Å². The van der Waals surface area contributed by atoms with Gasteiger partial charge in [0, 0.05) is 12.6 Å². The topological polar surface area (TPSA) is 135 Å². The lowest BCUT2D eigenvalue weighted by Gasteiger charge is -2.15. The van der Waals surface area contributed by atoms with Crippen molar-refractivity contribution in [2.45, 2.75) is 0 Å². The SMILES string of the molecule is O=C(O)CN1CC(C2=C(O)CN(CC(=O)O)C2=O)=CC1=O. The molecule has 9 nitrogen and oxygen atoms in total. The van der Waals surface area contributed by atoms with Gasteiger partial charge in [-0.05, 0) is 5.57 Å². The van der Waals surface area contributed by atoms with Gasteiger partial charge in [0.05, 0.1) is 12.1 Å². The zero-order valence-electron chi connectivity index (χ0n) is 10.8. The van der Waals surface area contributed by atoms with Crippen molar-refractivity contribution in [3.05, 3.63) is 23.0 Å². The van der Waals surface area contributed by atoms with Crippen molar-refractivity contribution < 1.29 is 34.5 Å². The van der Waals surface area contributed by atoms with Crippen LogP contribution in [0.4, 0.5) is 0 Å². The number of aliphatic carboxylic acids is 2. The fourth-order valence-corrected chi connectivity index (χ4v) is 2.24. The summed E-state index contributed by atoms with van der Waals surface area (Å²) < 4.78 is 0. The van der Waals surface area contributed by atoms with Gasteiger partial charge in [0.2, 0.25) is 5.91 Å². The number of nitrogens with zero attached hydrogens (tertiary/aromatic N) is 2. The van der Waals surface area contributed by atoms with Gasteiger partial charge in [-0.2, -0.15) is 0 Å². The van der Waals surface area contributed by atoms with E-state index in [2.05, 4.69) is 0 Å². The molecule has 112 valence electrons. The summed E-state index contributed by atoms with van der Waals surface area (Å²) in [5.74, 6) is -4.00. The van der Waals surface area contributed by atoms with E-state index in [1.165, 1.54) is 0 Å². The van der Waals surface area contributed by atoms with E-state index in [1.54, 1.807) is 0 Å². The first-order valence-corrected chi connectivity index (χ1v) is 5.94. The molecule has 0 spiro atoms. The maximum atomic E-state index is 12.0. The molecule has 0 atom stereocenters. The summed E-state index contributed by atoms with van der Waals surface area (Å²) in [6.45, 7) is -1.44. The summed E-state index contributed by atoms with van der Waals surface area (Å²) >= 11 is 0. The molecule has 2 rings (SSSR count). The number of aliphatic hydroxyl groups is 1. The summed E-state index contributed by atoms with van der Waals surface area (Å²) in [7, 11) is 0. The molecule has 0 radical (unpaired) electrons. The van der Waals surface area contributed by atoms with Crippen LogP contribution in [0.5, 0.6) is 0 Å². The van der Waals surface area contributed by atoms with E-state index in [0.717, 1.165) is 15.9 Å². The molecule has 0 aromatic carbocycles. The molecule has 2 aliphatic rings. The van der Waals surface area contributed by atoms with Gasteiger partial charge in [0.15, 0.2) is 0 Å². The molecule has 0 aromatic rings. The van der Waals surface area contributed by atoms with Gasteiger partial charge in [0.1, 0.15) is 18.8 Å². The van der Waals surface area contributed by atoms with Gasteiger partial charge in [-0.3, -0.25) is 19.2 Å². The molecule has 0 saturated heterocycles. The molecular formula is C12H12N2O7. The molecular weight excluding hydrogens is 284 g/mol. The van der Waals surface area contributed by atoms with Gasteiger partial charge < -0.3 is 25.1 Å². The Morgan fingerprint density at radius 1 is 1.05 bits per heavy atom. The number of carbonyl (C=O) groups is 4. The van der Waals surface area contributed by atoms with Crippen LogP contribution >= 0.6 is 0 Å². The molecule has 0 saturated carbocycles. The maximum absolute atomic E-state index is 12.0. The molecule has 0 aromatic heterocycles. The second-order valence-corrected chi connectivity index (χ2v) is 4.63. The van der Waals surface area contributed by atoms with Crippen LogP contribution in [0.2, 0.25) is 0 Å². The quantitative estimate of drug-likeness (QED) is 0.566. The Morgan fingerprint density at radius 3 is 2.19 bits per heavy atom. The van der Waals surface area contributed by atoms with Crippen LogP contribution in [0.15, 0.2) is 23.0 Å². The van der Waals surface area contributed by atoms with Gasteiger partial charge in [-0.25, -0.2) is 0 Å². The average Bonchev–Trinajstić information content (AvgIpc) is 2.80. The predicted octanol–water partition coefficient (Wildman–Crippen LogP) is -1.42. The first-order chi connectivity index (χ1) is 9.79. The number of carbonyl (C=O) groups excluding carboxylic acids is 2. The zero-order chi connectivity index (χ0) is 15.7. The van der Waals surface area contributed by atoms with E-state index in [-0.39, 0.29) is 30.0 Å². The Bertz CT molecular complexity index is 605. The first-order valence-electron chi connectivity index (χ1n) is 5.94. The molecule has 0 fully saturated rings. The molecule has 3 N–H and O–H groups in total. The van der Waals surface area contributed by atoms with Crippen LogP contribution in [0, 0.1) is 0 Å². The van der Waals surface area contributed by atoms with Crippen molar-refractivity contribution in [2.24, 2.45) is 0 Å². The van der Waals surface area contributed by atoms with E-state index in [1.807, 2.05) is 0 Å². The largest absolute Gasteiger partial charge is 0.510 e. The predicted molar refractivity (Wildman–Crippen MR) is 66.2 cm³/mol. The van der Waals surface area contributed by atoms with Crippen molar-refractivity contribution in [1.82, 2.24) is 9.80 Å². The number of carboxylic acids is 2. The highest BCUT2D eigenvalue weighted by Crippen LogP contribution is 2.27. The first kappa shape index (κ1) is 14.6. The molecule has 2 amide bonds. The number of carboxylic acid groups (broad SMARTS) is 2. The fraction of sp³-hybridized carbons (Fsp3) is 0.333. The Balaban J connectivity index is 2.16. The normalized spacial score (nSPS) is 18.6. The van der Waals surface area contributed by atoms with Gasteiger partial charge >= 0.3 is 11.9 Å². The third kappa shape index (κ3) is 2.86. The Kier molecular flexibility index (Phi) is 3.66. The summed E-state index contributed by atoms with van der Waals surface area (Å²) in [6.07, 6.45) is 1.08. The van der Waals surface area contributed by atoms with Gasteiger partial charge in [-0.1, -0.05) is 0 Å². The highest BCUT2D eigenvalue weighted by Gasteiger charge is 2.37. The minimum atomic E-state index is -1.22. The van der Waals surface area contributed by atoms with Crippen LogP contribution in [0.1, 0.15) is 0 Å². The van der Waals surface area contributed by atoms with E-state index in [0.29, 0.717) is 0 Å². The smallest absolute Gasteiger partial charge is 0.323 e. The third-order valence-electron chi connectivity index (χ3n) is 3.07. The van der Waals surface area contributed by atoms with E-state index >= 15 is 0 Å². The van der Waals surface area contributed by atoms with Crippen LogP contribution in [0.3, 0.4) is 0 Å². The average molecular weight is 296 g/mol. The van der Waals surface area contributed by atoms with Crippen LogP contribution in [-0.4, -0.2) is 75.1 Å². The zero-order valence-corrected chi connectivity index (χ0v) is 10.8. The Hall–Kier alpha value is -2.84. The minimum absolute atomic E-state index is 0.114. The fourth-order valence-electron chi connectivity index (χ4n) is 2.24. The summed E-state index contributed by atoms with van der Waals surface area (Å²) in [5.41, 5.74) is 0.0640. The lowest BCUT2D eigenvalue weighted by Crippen LogP contribution is -2.34. The second kappa shape index (κ2) is 5.27. The molecule has 21 heavy (non-hydrogen) atoms. The molecule has 2 aliphatic heterocycles. The minimum Gasteiger partial charge on any atom is -0.510 e. The van der Waals surface area contributed by atoms with Gasteiger partial charge in [-0.15, -0.1) is 0 Å². The van der Waals surface area contributed by atoms with Crippen LogP contribution in [0.25, 0.3) is 0 Å². The highest BCUT2D eigenvalue weighted by atomic mass is 16.4. The number of rotatable bonds is 5. The van der Waals surface area contributed by atoms with Crippen molar-refractivity contribution >= 4 is 23.8 Å².